The number of allylic oxidation sites excluding steroid dienone is 2. The van der Waals surface area contributed by atoms with Crippen LogP contribution >= 0.6 is 0 Å². The molecule has 0 saturated carbocycles. The number of nitrogens with one attached hydrogen (secondary N) is 2. The number of anilines is 1. The SMILES string of the molecule is Cc1ccc2nc(C3=CCC4N=C(c5ccc(N)cn5)NC4=C3)[nH]c2c1. The highest BCUT2D eigenvalue weighted by Crippen LogP contribution is 2.29. The van der Waals surface area contributed by atoms with E-state index in [9.17, 15) is 0 Å². The minimum Gasteiger partial charge on any atom is -0.397 e. The standard InChI is InChI=1S/C20H18N6/c1-11-2-5-14-17(8-11)25-19(23-14)12-3-6-15-18(9-12)26-20(24-15)16-7-4-13(21)10-22-16/h2-5,7-10,15H,6,21H2,1H3,(H,23,25)(H,24,26). The van der Waals surface area contributed by atoms with Gasteiger partial charge < -0.3 is 16.0 Å². The summed E-state index contributed by atoms with van der Waals surface area (Å²) in [5, 5.41) is 3.40. The summed E-state index contributed by atoms with van der Waals surface area (Å²) in [5.41, 5.74) is 12.6. The maximum Gasteiger partial charge on any atom is 0.152 e. The first-order chi connectivity index (χ1) is 12.7. The number of rotatable bonds is 2. The van der Waals surface area contributed by atoms with Gasteiger partial charge in [-0.25, -0.2) is 4.98 Å². The largest absolute Gasteiger partial charge is 0.397 e. The number of nitrogens with two attached hydrogens (primary N) is 1. The van der Waals surface area contributed by atoms with Crippen LogP contribution in [0.1, 0.15) is 23.5 Å². The molecular formula is C20H18N6. The topological polar surface area (TPSA) is 92.0 Å². The van der Waals surface area contributed by atoms with Gasteiger partial charge >= 0.3 is 0 Å². The van der Waals surface area contributed by atoms with E-state index in [-0.39, 0.29) is 6.04 Å². The summed E-state index contributed by atoms with van der Waals surface area (Å²) >= 11 is 0. The average molecular weight is 342 g/mol. The molecule has 0 radical (unpaired) electrons. The number of aromatic nitrogens is 3. The molecule has 0 amide bonds. The molecule has 3 aromatic rings. The van der Waals surface area contributed by atoms with E-state index in [2.05, 4.69) is 46.5 Å². The van der Waals surface area contributed by atoms with Crippen molar-refractivity contribution in [1.29, 1.82) is 0 Å². The number of aromatic amines is 1. The first-order valence-electron chi connectivity index (χ1n) is 8.61. The second-order valence-electron chi connectivity index (χ2n) is 6.70. The molecule has 0 bridgehead atoms. The molecule has 2 aliphatic rings. The van der Waals surface area contributed by atoms with Crippen molar-refractivity contribution in [3.05, 3.63) is 71.5 Å². The van der Waals surface area contributed by atoms with Crippen molar-refractivity contribution in [2.24, 2.45) is 4.99 Å². The molecule has 0 spiro atoms. The van der Waals surface area contributed by atoms with Crippen molar-refractivity contribution in [1.82, 2.24) is 20.3 Å². The van der Waals surface area contributed by atoms with Gasteiger partial charge in [0.1, 0.15) is 11.5 Å². The van der Waals surface area contributed by atoms with Gasteiger partial charge in [0.15, 0.2) is 5.84 Å². The predicted molar refractivity (Wildman–Crippen MR) is 104 cm³/mol. The van der Waals surface area contributed by atoms with Crippen molar-refractivity contribution in [3.8, 4) is 0 Å². The molecule has 4 N–H and O–H groups in total. The Balaban J connectivity index is 1.44. The van der Waals surface area contributed by atoms with E-state index in [1.165, 1.54) is 5.56 Å². The molecule has 6 heteroatoms. The van der Waals surface area contributed by atoms with E-state index >= 15 is 0 Å². The second-order valence-corrected chi connectivity index (χ2v) is 6.70. The van der Waals surface area contributed by atoms with Gasteiger partial charge in [0, 0.05) is 11.3 Å². The normalized spacial score (nSPS) is 18.8. The minimum atomic E-state index is 0.111. The second kappa shape index (κ2) is 5.56. The van der Waals surface area contributed by atoms with Crippen molar-refractivity contribution in [2.75, 3.05) is 5.73 Å². The molecule has 0 fully saturated rings. The first kappa shape index (κ1) is 14.9. The first-order valence-corrected chi connectivity index (χ1v) is 8.61. The van der Waals surface area contributed by atoms with Crippen LogP contribution in [0.4, 0.5) is 5.69 Å². The fraction of sp³-hybridized carbons (Fsp3) is 0.150. The number of benzene rings is 1. The highest BCUT2D eigenvalue weighted by molar-refractivity contribution is 6.01. The lowest BCUT2D eigenvalue weighted by atomic mass is 10.0. The fourth-order valence-electron chi connectivity index (χ4n) is 3.36. The monoisotopic (exact) mass is 342 g/mol. The van der Waals surface area contributed by atoms with Crippen LogP contribution < -0.4 is 11.1 Å². The molecule has 1 aromatic carbocycles. The van der Waals surface area contributed by atoms with Crippen molar-refractivity contribution >= 4 is 28.1 Å². The van der Waals surface area contributed by atoms with E-state index in [4.69, 9.17) is 15.7 Å². The summed E-state index contributed by atoms with van der Waals surface area (Å²) in [7, 11) is 0. The van der Waals surface area contributed by atoms with Gasteiger partial charge in [0.05, 0.1) is 29.0 Å². The zero-order valence-electron chi connectivity index (χ0n) is 14.3. The molecule has 3 heterocycles. The van der Waals surface area contributed by atoms with Gasteiger partial charge in [0.25, 0.3) is 0 Å². The molecular weight excluding hydrogens is 324 g/mol. The Labute approximate surface area is 150 Å². The zero-order chi connectivity index (χ0) is 17.7. The third-order valence-corrected chi connectivity index (χ3v) is 4.72. The Hall–Kier alpha value is -3.41. The lowest BCUT2D eigenvalue weighted by molar-refractivity contribution is 0.786. The molecule has 0 saturated heterocycles. The van der Waals surface area contributed by atoms with Crippen LogP contribution in [0.3, 0.4) is 0 Å². The smallest absolute Gasteiger partial charge is 0.152 e. The molecule has 1 atom stereocenters. The van der Waals surface area contributed by atoms with Gasteiger partial charge in [-0.1, -0.05) is 12.1 Å². The van der Waals surface area contributed by atoms with Crippen LogP contribution in [0.25, 0.3) is 16.6 Å². The summed E-state index contributed by atoms with van der Waals surface area (Å²) in [4.78, 5) is 17.2. The maximum absolute atomic E-state index is 5.71. The highest BCUT2D eigenvalue weighted by atomic mass is 15.1. The number of hydrogen-bond donors (Lipinski definition) is 3. The number of H-pyrrole nitrogens is 1. The van der Waals surface area contributed by atoms with Crippen LogP contribution in [-0.2, 0) is 0 Å². The molecule has 1 unspecified atom stereocenters. The van der Waals surface area contributed by atoms with Crippen LogP contribution in [0.5, 0.6) is 0 Å². The van der Waals surface area contributed by atoms with E-state index < -0.39 is 0 Å². The molecule has 128 valence electrons. The van der Waals surface area contributed by atoms with Gasteiger partial charge in [-0.05, 0) is 49.2 Å². The third kappa shape index (κ3) is 2.47. The van der Waals surface area contributed by atoms with Crippen LogP contribution in [-0.4, -0.2) is 26.8 Å². The molecule has 1 aliphatic carbocycles. The van der Waals surface area contributed by atoms with Crippen molar-refractivity contribution < 1.29 is 0 Å². The van der Waals surface area contributed by atoms with Crippen LogP contribution in [0.15, 0.2) is 59.4 Å². The zero-order valence-corrected chi connectivity index (χ0v) is 14.3. The number of nitrogen functional groups attached to an aromatic ring is 1. The van der Waals surface area contributed by atoms with Gasteiger partial charge in [-0.3, -0.25) is 9.98 Å². The number of fused-ring (bicyclic) bond motifs is 2. The Morgan fingerprint density at radius 1 is 1.19 bits per heavy atom. The fourth-order valence-corrected chi connectivity index (χ4v) is 3.36. The summed E-state index contributed by atoms with van der Waals surface area (Å²) in [6, 6.07) is 10.1. The van der Waals surface area contributed by atoms with Crippen molar-refractivity contribution in [2.45, 2.75) is 19.4 Å². The van der Waals surface area contributed by atoms with E-state index in [1.54, 1.807) is 6.20 Å². The lowest BCUT2D eigenvalue weighted by Crippen LogP contribution is -2.22. The maximum atomic E-state index is 5.71. The number of imidazole rings is 1. The summed E-state index contributed by atoms with van der Waals surface area (Å²) in [6.07, 6.45) is 6.79. The molecule has 2 aromatic heterocycles. The van der Waals surface area contributed by atoms with Crippen molar-refractivity contribution in [3.63, 3.8) is 0 Å². The Morgan fingerprint density at radius 2 is 2.12 bits per heavy atom. The van der Waals surface area contributed by atoms with Crippen LogP contribution in [0.2, 0.25) is 0 Å². The average Bonchev–Trinajstić information content (AvgIpc) is 3.25. The quantitative estimate of drug-likeness (QED) is 0.668. The van der Waals surface area contributed by atoms with Gasteiger partial charge in [-0.2, -0.15) is 0 Å². The predicted octanol–water partition coefficient (Wildman–Crippen LogP) is 2.94. The number of pyridine rings is 1. The number of aliphatic imine (C=N–C) groups is 1. The highest BCUT2D eigenvalue weighted by Gasteiger charge is 2.27. The number of amidine groups is 1. The Bertz CT molecular complexity index is 1100. The molecule has 6 nitrogen and oxygen atoms in total. The summed E-state index contributed by atoms with van der Waals surface area (Å²) in [5.74, 6) is 1.67. The number of hydrogen-bond acceptors (Lipinski definition) is 5. The van der Waals surface area contributed by atoms with Gasteiger partial charge in [0.2, 0.25) is 0 Å². The Kier molecular flexibility index (Phi) is 3.18. The lowest BCUT2D eigenvalue weighted by Gasteiger charge is -2.14. The van der Waals surface area contributed by atoms with Gasteiger partial charge in [-0.15, -0.1) is 0 Å². The van der Waals surface area contributed by atoms with E-state index in [0.717, 1.165) is 46.1 Å². The third-order valence-electron chi connectivity index (χ3n) is 4.72. The molecule has 1 aliphatic heterocycles. The van der Waals surface area contributed by atoms with Crippen LogP contribution in [0, 0.1) is 6.92 Å². The molecule has 26 heavy (non-hydrogen) atoms. The molecule has 5 rings (SSSR count). The summed E-state index contributed by atoms with van der Waals surface area (Å²) < 4.78 is 0. The van der Waals surface area contributed by atoms with E-state index in [1.807, 2.05) is 18.2 Å². The number of aryl methyl sites for hydroxylation is 1. The Morgan fingerprint density at radius 3 is 2.96 bits per heavy atom. The summed E-state index contributed by atoms with van der Waals surface area (Å²) in [6.45, 7) is 2.08. The number of nitrogens with zero attached hydrogens (tertiary/aromatic N) is 3. The van der Waals surface area contributed by atoms with E-state index in [0.29, 0.717) is 5.69 Å². The minimum absolute atomic E-state index is 0.111.